The second kappa shape index (κ2) is 7.57. The largest absolute Gasteiger partial charge is 0.307 e. The van der Waals surface area contributed by atoms with E-state index in [1.807, 2.05) is 11.3 Å². The van der Waals surface area contributed by atoms with Crippen molar-refractivity contribution in [1.29, 1.82) is 0 Å². The van der Waals surface area contributed by atoms with Crippen LogP contribution in [0.4, 0.5) is 0 Å². The molecule has 108 valence electrons. The lowest BCUT2D eigenvalue weighted by Gasteiger charge is -2.18. The van der Waals surface area contributed by atoms with Gasteiger partial charge in [-0.1, -0.05) is 45.0 Å². The molecule has 1 nitrogen and oxygen atoms in total. The summed E-state index contributed by atoms with van der Waals surface area (Å²) in [5, 5.41) is 5.88. The Morgan fingerprint density at radius 3 is 2.60 bits per heavy atom. The van der Waals surface area contributed by atoms with Gasteiger partial charge in [0.25, 0.3) is 0 Å². The van der Waals surface area contributed by atoms with Crippen molar-refractivity contribution in [3.8, 4) is 0 Å². The summed E-state index contributed by atoms with van der Waals surface area (Å²) in [5.74, 6) is 0.699. The monoisotopic (exact) mass is 399 g/mol. The number of benzene rings is 1. The smallest absolute Gasteiger partial charge is 0.0656 e. The molecule has 1 aromatic heterocycles. The van der Waals surface area contributed by atoms with Crippen molar-refractivity contribution in [3.05, 3.63) is 55.3 Å². The van der Waals surface area contributed by atoms with E-state index < -0.39 is 0 Å². The minimum absolute atomic E-state index is 0.312. The van der Waals surface area contributed by atoms with Crippen LogP contribution < -0.4 is 5.32 Å². The van der Waals surface area contributed by atoms with Crippen LogP contribution in [-0.4, -0.2) is 6.54 Å². The van der Waals surface area contributed by atoms with Crippen LogP contribution in [0.25, 0.3) is 0 Å². The van der Waals surface area contributed by atoms with Gasteiger partial charge in [-0.05, 0) is 69.6 Å². The summed E-state index contributed by atoms with van der Waals surface area (Å²) in [6.07, 6.45) is 1.15. The average molecular weight is 399 g/mol. The maximum Gasteiger partial charge on any atom is 0.0656 e. The zero-order valence-corrected chi connectivity index (χ0v) is 15.3. The van der Waals surface area contributed by atoms with Gasteiger partial charge >= 0.3 is 0 Å². The van der Waals surface area contributed by atoms with Gasteiger partial charge in [0.2, 0.25) is 0 Å². The zero-order chi connectivity index (χ0) is 14.5. The van der Waals surface area contributed by atoms with Gasteiger partial charge in [-0.2, -0.15) is 0 Å². The Morgan fingerprint density at radius 2 is 2.00 bits per heavy atom. The highest BCUT2D eigenvalue weighted by Gasteiger charge is 2.15. The standard InChI is InChI=1S/C17H22INS/c1-4-19-17(15-10-16(18)20-11-15)14-7-5-6-13(9-14)8-12(2)3/h5-7,9-12,17,19H,4,8H2,1-3H3. The summed E-state index contributed by atoms with van der Waals surface area (Å²) >= 11 is 4.21. The Labute approximate surface area is 139 Å². The predicted octanol–water partition coefficient (Wildman–Crippen LogP) is 5.25. The SMILES string of the molecule is CCNC(c1cccc(CC(C)C)c1)c1csc(I)c1. The number of hydrogen-bond donors (Lipinski definition) is 1. The summed E-state index contributed by atoms with van der Waals surface area (Å²) in [5.41, 5.74) is 4.19. The van der Waals surface area contributed by atoms with Crippen molar-refractivity contribution in [2.75, 3.05) is 6.54 Å². The van der Waals surface area contributed by atoms with Crippen molar-refractivity contribution in [1.82, 2.24) is 5.32 Å². The molecule has 1 heterocycles. The van der Waals surface area contributed by atoms with Gasteiger partial charge in [0.1, 0.15) is 0 Å². The molecule has 0 bridgehead atoms. The van der Waals surface area contributed by atoms with Gasteiger partial charge in [-0.3, -0.25) is 0 Å². The highest BCUT2D eigenvalue weighted by atomic mass is 127. The van der Waals surface area contributed by atoms with Crippen LogP contribution in [-0.2, 0) is 6.42 Å². The Hall–Kier alpha value is -0.390. The molecule has 0 spiro atoms. The van der Waals surface area contributed by atoms with Gasteiger partial charge in [0.15, 0.2) is 0 Å². The van der Waals surface area contributed by atoms with Crippen LogP contribution in [0.1, 0.15) is 43.5 Å². The van der Waals surface area contributed by atoms with Crippen LogP contribution >= 0.6 is 33.9 Å². The summed E-state index contributed by atoms with van der Waals surface area (Å²) in [6.45, 7) is 7.69. The summed E-state index contributed by atoms with van der Waals surface area (Å²) in [6, 6.07) is 11.6. The highest BCUT2D eigenvalue weighted by Crippen LogP contribution is 2.28. The lowest BCUT2D eigenvalue weighted by atomic mass is 9.96. The topological polar surface area (TPSA) is 12.0 Å². The first-order valence-electron chi connectivity index (χ1n) is 7.16. The molecule has 1 atom stereocenters. The number of hydrogen-bond acceptors (Lipinski definition) is 2. The summed E-state index contributed by atoms with van der Waals surface area (Å²) in [4.78, 5) is 0. The van der Waals surface area contributed by atoms with Crippen LogP contribution in [0.3, 0.4) is 0 Å². The van der Waals surface area contributed by atoms with Gasteiger partial charge in [-0.25, -0.2) is 0 Å². The molecule has 20 heavy (non-hydrogen) atoms. The summed E-state index contributed by atoms with van der Waals surface area (Å²) in [7, 11) is 0. The number of thiophene rings is 1. The van der Waals surface area contributed by atoms with Crippen molar-refractivity contribution in [2.45, 2.75) is 33.2 Å². The molecule has 0 aliphatic carbocycles. The molecule has 0 fully saturated rings. The molecular formula is C17H22INS. The predicted molar refractivity (Wildman–Crippen MR) is 97.5 cm³/mol. The Bertz CT molecular complexity index is 547. The number of rotatable bonds is 6. The molecule has 0 saturated carbocycles. The second-order valence-corrected chi connectivity index (χ2v) is 8.32. The molecule has 1 unspecified atom stereocenters. The third-order valence-electron chi connectivity index (χ3n) is 3.26. The molecule has 0 radical (unpaired) electrons. The molecule has 3 heteroatoms. The first kappa shape index (κ1) is 16.0. The van der Waals surface area contributed by atoms with Crippen molar-refractivity contribution < 1.29 is 0 Å². The normalized spacial score (nSPS) is 12.8. The van der Waals surface area contributed by atoms with E-state index in [9.17, 15) is 0 Å². The van der Waals surface area contributed by atoms with E-state index in [0.29, 0.717) is 12.0 Å². The second-order valence-electron chi connectivity index (χ2n) is 5.52. The van der Waals surface area contributed by atoms with Crippen LogP contribution in [0.2, 0.25) is 0 Å². The van der Waals surface area contributed by atoms with E-state index in [4.69, 9.17) is 0 Å². The van der Waals surface area contributed by atoms with Crippen molar-refractivity contribution in [3.63, 3.8) is 0 Å². The van der Waals surface area contributed by atoms with E-state index in [-0.39, 0.29) is 0 Å². The van der Waals surface area contributed by atoms with E-state index in [2.05, 4.69) is 84.4 Å². The minimum Gasteiger partial charge on any atom is -0.307 e. The fraction of sp³-hybridized carbons (Fsp3) is 0.412. The van der Waals surface area contributed by atoms with Gasteiger partial charge in [0, 0.05) is 0 Å². The molecular weight excluding hydrogens is 377 g/mol. The summed E-state index contributed by atoms with van der Waals surface area (Å²) < 4.78 is 1.35. The van der Waals surface area contributed by atoms with Crippen molar-refractivity contribution >= 4 is 33.9 Å². The molecule has 0 aliphatic heterocycles. The number of halogens is 1. The van der Waals surface area contributed by atoms with Gasteiger partial charge in [-0.15, -0.1) is 11.3 Å². The lowest BCUT2D eigenvalue weighted by Crippen LogP contribution is -2.21. The third kappa shape index (κ3) is 4.30. The fourth-order valence-electron chi connectivity index (χ4n) is 2.48. The van der Waals surface area contributed by atoms with Crippen LogP contribution in [0.15, 0.2) is 35.7 Å². The van der Waals surface area contributed by atoms with Gasteiger partial charge < -0.3 is 5.32 Å². The first-order valence-corrected chi connectivity index (χ1v) is 9.12. The average Bonchev–Trinajstić information content (AvgIpc) is 2.82. The van der Waals surface area contributed by atoms with E-state index >= 15 is 0 Å². The van der Waals surface area contributed by atoms with Gasteiger partial charge in [0.05, 0.1) is 8.93 Å². The molecule has 1 aromatic carbocycles. The molecule has 1 N–H and O–H groups in total. The molecule has 2 aromatic rings. The quantitative estimate of drug-likeness (QED) is 0.655. The molecule has 0 aliphatic rings. The maximum atomic E-state index is 3.61. The van der Waals surface area contributed by atoms with Crippen molar-refractivity contribution in [2.24, 2.45) is 5.92 Å². The maximum absolute atomic E-state index is 3.61. The first-order chi connectivity index (χ1) is 9.60. The van der Waals surface area contributed by atoms with Crippen LogP contribution in [0.5, 0.6) is 0 Å². The Kier molecular flexibility index (Phi) is 6.05. The molecule has 0 amide bonds. The zero-order valence-electron chi connectivity index (χ0n) is 12.3. The number of nitrogens with one attached hydrogen (secondary N) is 1. The lowest BCUT2D eigenvalue weighted by molar-refractivity contribution is 0.625. The molecule has 0 saturated heterocycles. The highest BCUT2D eigenvalue weighted by molar-refractivity contribution is 14.1. The third-order valence-corrected chi connectivity index (χ3v) is 5.06. The van der Waals surface area contributed by atoms with E-state index in [1.165, 1.54) is 19.6 Å². The molecule has 2 rings (SSSR count). The van der Waals surface area contributed by atoms with E-state index in [1.54, 1.807) is 0 Å². The fourth-order valence-corrected chi connectivity index (χ4v) is 3.88. The van der Waals surface area contributed by atoms with Crippen LogP contribution in [0, 0.1) is 8.80 Å². The minimum atomic E-state index is 0.312. The Morgan fingerprint density at radius 1 is 1.20 bits per heavy atom. The van der Waals surface area contributed by atoms with E-state index in [0.717, 1.165) is 13.0 Å². The Balaban J connectivity index is 2.29.